The molecular weight excluding hydrogens is 440 g/mol. The Morgan fingerprint density at radius 1 is 0.656 bits per heavy atom. The summed E-state index contributed by atoms with van der Waals surface area (Å²) in [6, 6.07) is 0. The van der Waals surface area contributed by atoms with E-state index in [4.69, 9.17) is 23.7 Å². The van der Waals surface area contributed by atoms with Gasteiger partial charge in [0.1, 0.15) is 29.9 Å². The number of unbranched alkanes of at least 4 members (excludes halogenated alkanes) is 5. The lowest BCUT2D eigenvalue weighted by atomic mass is 10.0. The van der Waals surface area contributed by atoms with Crippen molar-refractivity contribution in [2.24, 2.45) is 0 Å². The molecule has 0 unspecified atom stereocenters. The Balaban J connectivity index is 1.82. The SMILES string of the molecule is CCCCCCCCOCCOCCOCCOCCS[C@@H]1O[C@H](CO)[C@@H](O)[C@H](O)[C@H]1O. The smallest absolute Gasteiger partial charge is 0.132 e. The molecule has 9 nitrogen and oxygen atoms in total. The zero-order valence-corrected chi connectivity index (χ0v) is 20.3. The first kappa shape index (κ1) is 30.0. The fourth-order valence-corrected chi connectivity index (χ4v) is 4.20. The summed E-state index contributed by atoms with van der Waals surface area (Å²) in [7, 11) is 0. The number of hydrogen-bond donors (Lipinski definition) is 4. The van der Waals surface area contributed by atoms with Gasteiger partial charge in [-0.3, -0.25) is 0 Å². The molecule has 1 aliphatic heterocycles. The van der Waals surface area contributed by atoms with Crippen LogP contribution in [0.2, 0.25) is 0 Å². The molecule has 0 aromatic heterocycles. The predicted octanol–water partition coefficient (Wildman–Crippen LogP) is 0.946. The first-order valence-corrected chi connectivity index (χ1v) is 12.9. The topological polar surface area (TPSA) is 127 Å². The fraction of sp³-hybridized carbons (Fsp3) is 1.00. The maximum atomic E-state index is 9.95. The van der Waals surface area contributed by atoms with Crippen LogP contribution in [0.1, 0.15) is 45.4 Å². The third-order valence-corrected chi connectivity index (χ3v) is 6.24. The van der Waals surface area contributed by atoms with E-state index >= 15 is 0 Å². The highest BCUT2D eigenvalue weighted by molar-refractivity contribution is 7.99. The fourth-order valence-electron chi connectivity index (χ4n) is 3.17. The number of aliphatic hydroxyl groups excluding tert-OH is 4. The van der Waals surface area contributed by atoms with Crippen molar-refractivity contribution in [3.8, 4) is 0 Å². The van der Waals surface area contributed by atoms with E-state index in [1.165, 1.54) is 43.9 Å². The Hall–Kier alpha value is -0.0100. The van der Waals surface area contributed by atoms with E-state index in [0.717, 1.165) is 13.0 Å². The molecule has 1 rings (SSSR count). The van der Waals surface area contributed by atoms with Crippen molar-refractivity contribution in [3.63, 3.8) is 0 Å². The number of aliphatic hydroxyl groups is 4. The lowest BCUT2D eigenvalue weighted by Crippen LogP contribution is -2.57. The van der Waals surface area contributed by atoms with Crippen LogP contribution in [0.3, 0.4) is 0 Å². The van der Waals surface area contributed by atoms with E-state index in [-0.39, 0.29) is 0 Å². The van der Waals surface area contributed by atoms with Crippen LogP contribution in [0.25, 0.3) is 0 Å². The van der Waals surface area contributed by atoms with Gasteiger partial charge in [0.15, 0.2) is 0 Å². The number of rotatable bonds is 21. The Bertz CT molecular complexity index is 417. The summed E-state index contributed by atoms with van der Waals surface area (Å²) in [5, 5.41) is 38.6. The molecule has 10 heteroatoms. The summed E-state index contributed by atoms with van der Waals surface area (Å²) in [5.74, 6) is 0.532. The number of ether oxygens (including phenoxy) is 5. The average molecular weight is 485 g/mol. The van der Waals surface area contributed by atoms with Crippen LogP contribution in [0.15, 0.2) is 0 Å². The van der Waals surface area contributed by atoms with Gasteiger partial charge in [0, 0.05) is 12.4 Å². The maximum absolute atomic E-state index is 9.95. The zero-order valence-electron chi connectivity index (χ0n) is 19.4. The van der Waals surface area contributed by atoms with Crippen molar-refractivity contribution in [2.45, 2.75) is 75.3 Å². The number of hydrogen-bond acceptors (Lipinski definition) is 10. The van der Waals surface area contributed by atoms with E-state index in [0.29, 0.717) is 52.0 Å². The summed E-state index contributed by atoms with van der Waals surface area (Å²) in [6.45, 7) is 6.14. The molecule has 1 fully saturated rings. The standard InChI is InChI=1S/C22H44O9S/c1-2-3-4-5-6-7-8-27-9-10-28-11-12-29-13-14-30-15-16-32-22-21(26)20(25)19(24)18(17-23)31-22/h18-26H,2-17H2,1H3/t18-,19-,20+,21-,22+/m1/s1. The van der Waals surface area contributed by atoms with Crippen LogP contribution < -0.4 is 0 Å². The molecule has 0 radical (unpaired) electrons. The van der Waals surface area contributed by atoms with Gasteiger partial charge in [0.05, 0.1) is 52.9 Å². The normalized spacial score (nSPS) is 26.0. The van der Waals surface area contributed by atoms with Crippen molar-refractivity contribution < 1.29 is 44.1 Å². The Morgan fingerprint density at radius 3 is 1.78 bits per heavy atom. The first-order valence-electron chi connectivity index (χ1n) is 11.8. The first-order chi connectivity index (χ1) is 15.6. The van der Waals surface area contributed by atoms with Gasteiger partial charge >= 0.3 is 0 Å². The molecule has 0 spiro atoms. The van der Waals surface area contributed by atoms with Gasteiger partial charge in [-0.25, -0.2) is 0 Å². The lowest BCUT2D eigenvalue weighted by Gasteiger charge is -2.39. The monoisotopic (exact) mass is 484 g/mol. The third-order valence-electron chi connectivity index (χ3n) is 5.12. The summed E-state index contributed by atoms with van der Waals surface area (Å²) >= 11 is 1.27. The van der Waals surface area contributed by atoms with Gasteiger partial charge in [0.2, 0.25) is 0 Å². The molecule has 1 aliphatic rings. The van der Waals surface area contributed by atoms with Gasteiger partial charge in [-0.2, -0.15) is 0 Å². The molecule has 1 saturated heterocycles. The molecule has 0 aromatic carbocycles. The van der Waals surface area contributed by atoms with E-state index in [2.05, 4.69) is 6.92 Å². The van der Waals surface area contributed by atoms with Crippen LogP contribution in [0.4, 0.5) is 0 Å². The quantitative estimate of drug-likeness (QED) is 0.175. The Morgan fingerprint density at radius 2 is 1.19 bits per heavy atom. The minimum absolute atomic E-state index is 0.425. The van der Waals surface area contributed by atoms with E-state index in [1.54, 1.807) is 0 Å². The van der Waals surface area contributed by atoms with Gasteiger partial charge in [0.25, 0.3) is 0 Å². The average Bonchev–Trinajstić information content (AvgIpc) is 2.80. The van der Waals surface area contributed by atoms with Crippen LogP contribution in [0.5, 0.6) is 0 Å². The van der Waals surface area contributed by atoms with Crippen molar-refractivity contribution in [3.05, 3.63) is 0 Å². The molecule has 0 bridgehead atoms. The lowest BCUT2D eigenvalue weighted by molar-refractivity contribution is -0.205. The van der Waals surface area contributed by atoms with Gasteiger partial charge < -0.3 is 44.1 Å². The summed E-state index contributed by atoms with van der Waals surface area (Å²) in [5.41, 5.74) is -0.725. The van der Waals surface area contributed by atoms with Crippen LogP contribution >= 0.6 is 11.8 Å². The highest BCUT2D eigenvalue weighted by atomic mass is 32.2. The van der Waals surface area contributed by atoms with Crippen LogP contribution in [0, 0.1) is 0 Å². The van der Waals surface area contributed by atoms with Crippen molar-refractivity contribution >= 4 is 11.8 Å². The van der Waals surface area contributed by atoms with Gasteiger partial charge in [-0.15, -0.1) is 11.8 Å². The van der Waals surface area contributed by atoms with E-state index in [1.807, 2.05) is 0 Å². The van der Waals surface area contributed by atoms with E-state index < -0.39 is 36.5 Å². The molecule has 0 saturated carbocycles. The predicted molar refractivity (Wildman–Crippen MR) is 123 cm³/mol. The summed E-state index contributed by atoms with van der Waals surface area (Å²) < 4.78 is 27.3. The van der Waals surface area contributed by atoms with Crippen LogP contribution in [-0.2, 0) is 23.7 Å². The molecule has 0 amide bonds. The molecule has 0 aliphatic carbocycles. The minimum atomic E-state index is -1.35. The minimum Gasteiger partial charge on any atom is -0.394 e. The number of thioether (sulfide) groups is 1. The molecular formula is C22H44O9S. The highest BCUT2D eigenvalue weighted by Gasteiger charge is 2.43. The summed E-state index contributed by atoms with van der Waals surface area (Å²) in [4.78, 5) is 0. The molecule has 32 heavy (non-hydrogen) atoms. The second-order valence-electron chi connectivity index (χ2n) is 7.79. The van der Waals surface area contributed by atoms with E-state index in [9.17, 15) is 20.4 Å². The van der Waals surface area contributed by atoms with Crippen molar-refractivity contribution in [2.75, 3.05) is 65.2 Å². The Kier molecular flexibility index (Phi) is 19.1. The molecule has 5 atom stereocenters. The highest BCUT2D eigenvalue weighted by Crippen LogP contribution is 2.28. The van der Waals surface area contributed by atoms with Crippen molar-refractivity contribution in [1.82, 2.24) is 0 Å². The Labute approximate surface area is 196 Å². The molecule has 0 aromatic rings. The second-order valence-corrected chi connectivity index (χ2v) is 8.99. The largest absolute Gasteiger partial charge is 0.394 e. The van der Waals surface area contributed by atoms with Gasteiger partial charge in [-0.1, -0.05) is 39.0 Å². The second kappa shape index (κ2) is 20.4. The molecule has 4 N–H and O–H groups in total. The third kappa shape index (κ3) is 13.6. The van der Waals surface area contributed by atoms with Gasteiger partial charge in [-0.05, 0) is 6.42 Å². The summed E-state index contributed by atoms with van der Waals surface area (Å²) in [6.07, 6.45) is 2.81. The maximum Gasteiger partial charge on any atom is 0.132 e. The molecule has 192 valence electrons. The zero-order chi connectivity index (χ0) is 23.4. The van der Waals surface area contributed by atoms with Crippen molar-refractivity contribution in [1.29, 1.82) is 0 Å². The molecule has 1 heterocycles. The van der Waals surface area contributed by atoms with Crippen LogP contribution in [-0.4, -0.2) is 115 Å².